The Hall–Kier alpha value is -3.69. The molecule has 0 saturated heterocycles. The third-order valence-electron chi connectivity index (χ3n) is 15.2. The Kier molecular flexibility index (Phi) is 15.4. The summed E-state index contributed by atoms with van der Waals surface area (Å²) < 4.78 is 28.7. The van der Waals surface area contributed by atoms with Crippen LogP contribution < -0.4 is 4.74 Å². The van der Waals surface area contributed by atoms with Crippen LogP contribution >= 0.6 is 0 Å². The van der Waals surface area contributed by atoms with Crippen molar-refractivity contribution in [3.05, 3.63) is 41.2 Å². The van der Waals surface area contributed by atoms with Gasteiger partial charge in [0.15, 0.2) is 6.10 Å². The lowest BCUT2D eigenvalue weighted by Gasteiger charge is -2.61. The summed E-state index contributed by atoms with van der Waals surface area (Å²) in [6, 6.07) is 4.07. The Morgan fingerprint density at radius 2 is 1.45 bits per heavy atom. The van der Waals surface area contributed by atoms with Crippen LogP contribution in [0.15, 0.2) is 24.5 Å². The maximum atomic E-state index is 13.8. The van der Waals surface area contributed by atoms with Crippen molar-refractivity contribution in [2.45, 2.75) is 177 Å². The van der Waals surface area contributed by atoms with Gasteiger partial charge in [-0.15, -0.1) is 0 Å². The molecule has 0 heterocycles. The van der Waals surface area contributed by atoms with Crippen LogP contribution in [0.1, 0.15) is 162 Å². The predicted octanol–water partition coefficient (Wildman–Crippen LogP) is 10.3. The highest BCUT2D eigenvalue weighted by molar-refractivity contribution is 5.79. The first kappa shape index (κ1) is 47.4. The van der Waals surface area contributed by atoms with Crippen LogP contribution in [0.3, 0.4) is 0 Å². The fourth-order valence-electron chi connectivity index (χ4n) is 12.4. The van der Waals surface area contributed by atoms with E-state index in [9.17, 15) is 24.0 Å². The third kappa shape index (κ3) is 10.8. The Bertz CT molecular complexity index is 1740. The molecule has 4 aliphatic carbocycles. The van der Waals surface area contributed by atoms with Crippen molar-refractivity contribution in [3.8, 4) is 5.75 Å². The summed E-state index contributed by atoms with van der Waals surface area (Å²) in [5, 5.41) is 0. The van der Waals surface area contributed by atoms with E-state index in [1.807, 2.05) is 26.8 Å². The lowest BCUT2D eigenvalue weighted by atomic mass is 9.44. The molecule has 1 aromatic rings. The van der Waals surface area contributed by atoms with Gasteiger partial charge in [-0.2, -0.15) is 0 Å². The van der Waals surface area contributed by atoms with Gasteiger partial charge >= 0.3 is 23.9 Å². The molecule has 334 valence electrons. The number of benzene rings is 1. The van der Waals surface area contributed by atoms with Gasteiger partial charge in [0.1, 0.15) is 30.9 Å². The van der Waals surface area contributed by atoms with Crippen molar-refractivity contribution in [3.63, 3.8) is 0 Å². The van der Waals surface area contributed by atoms with Gasteiger partial charge in [0.05, 0.1) is 12.2 Å². The van der Waals surface area contributed by atoms with Crippen molar-refractivity contribution in [2.75, 3.05) is 13.2 Å². The molecule has 0 aromatic heterocycles. The Labute approximate surface area is 359 Å². The zero-order valence-corrected chi connectivity index (χ0v) is 38.4. The summed E-state index contributed by atoms with van der Waals surface area (Å²) in [6.45, 7) is 23.9. The molecule has 0 N–H and O–H groups in total. The fraction of sp³-hybridized carbons (Fsp3) is 0.740. The summed E-state index contributed by atoms with van der Waals surface area (Å²) in [6.07, 6.45) is 9.88. The minimum absolute atomic E-state index is 0.0449. The number of carbonyl (C=O) groups excluding carboxylic acids is 5. The van der Waals surface area contributed by atoms with Crippen LogP contribution in [0, 0.1) is 60.2 Å². The number of hydrogen-bond donors (Lipinski definition) is 0. The standard InChI is InChI=1S/C50H74O10/c1-12-43(52)56-28-37(29-57-44(53)13-2)60-45(54)25-31(4)23-33(6)58-42-24-30(3)22-32(5)47(42)48(8,9)27-46(55)59-36-18-20-49(10)35(26-36)14-15-38-40-17-16-39(34(7)51)50(40,11)21-19-41(38)49/h22,24,31,35-41H,6,12-21,23,25-29H2,1-5,7-11H3/t31?,35-,36+,38-,39+,40-,41-,49-,50+/m0/s1. The van der Waals surface area contributed by atoms with Gasteiger partial charge < -0.3 is 23.7 Å². The number of rotatable bonds is 18. The van der Waals surface area contributed by atoms with E-state index < -0.39 is 29.4 Å². The van der Waals surface area contributed by atoms with E-state index in [-0.39, 0.29) is 73.6 Å². The topological polar surface area (TPSA) is 132 Å². The molecule has 0 spiro atoms. The minimum Gasteiger partial charge on any atom is -0.462 e. The van der Waals surface area contributed by atoms with Crippen LogP contribution in [0.4, 0.5) is 0 Å². The smallest absolute Gasteiger partial charge is 0.306 e. The van der Waals surface area contributed by atoms with Gasteiger partial charge in [0, 0.05) is 42.6 Å². The first-order chi connectivity index (χ1) is 28.2. The first-order valence-electron chi connectivity index (χ1n) is 22.9. The van der Waals surface area contributed by atoms with Gasteiger partial charge in [-0.05, 0) is 136 Å². The lowest BCUT2D eigenvalue weighted by molar-refractivity contribution is -0.167. The second-order valence-corrected chi connectivity index (χ2v) is 20.2. The molecule has 1 aromatic carbocycles. The van der Waals surface area contributed by atoms with Gasteiger partial charge in [0.2, 0.25) is 0 Å². The van der Waals surface area contributed by atoms with Crippen LogP contribution in [0.5, 0.6) is 5.75 Å². The van der Waals surface area contributed by atoms with Crippen LogP contribution in [0.2, 0.25) is 0 Å². The summed E-state index contributed by atoms with van der Waals surface area (Å²) in [5.41, 5.74) is 2.75. The minimum atomic E-state index is -0.913. The molecular weight excluding hydrogens is 761 g/mol. The van der Waals surface area contributed by atoms with Crippen molar-refractivity contribution in [1.82, 2.24) is 0 Å². The summed E-state index contributed by atoms with van der Waals surface area (Å²) >= 11 is 0. The molecule has 1 unspecified atom stereocenters. The number of allylic oxidation sites excluding steroid dienone is 1. The van der Waals surface area contributed by atoms with Crippen molar-refractivity contribution in [1.29, 1.82) is 0 Å². The van der Waals surface area contributed by atoms with Crippen molar-refractivity contribution < 1.29 is 47.7 Å². The van der Waals surface area contributed by atoms with Crippen LogP contribution in [0.25, 0.3) is 0 Å². The molecule has 9 atom stereocenters. The molecule has 0 bridgehead atoms. The average molecular weight is 835 g/mol. The van der Waals surface area contributed by atoms with Crippen molar-refractivity contribution in [2.24, 2.45) is 46.3 Å². The number of aryl methyl sites for hydroxylation is 2. The third-order valence-corrected chi connectivity index (χ3v) is 15.2. The number of carbonyl (C=O) groups is 5. The molecule has 5 rings (SSSR count). The predicted molar refractivity (Wildman–Crippen MR) is 230 cm³/mol. The number of esters is 4. The van der Waals surface area contributed by atoms with E-state index in [0.29, 0.717) is 47.4 Å². The highest BCUT2D eigenvalue weighted by atomic mass is 16.6. The molecule has 10 nitrogen and oxygen atoms in total. The Balaban J connectivity index is 1.16. The maximum absolute atomic E-state index is 13.8. The lowest BCUT2D eigenvalue weighted by Crippen LogP contribution is -2.54. The number of ketones is 1. The molecule has 0 amide bonds. The zero-order valence-electron chi connectivity index (χ0n) is 38.4. The highest BCUT2D eigenvalue weighted by Crippen LogP contribution is 2.67. The first-order valence-corrected chi connectivity index (χ1v) is 22.9. The molecule has 0 aliphatic heterocycles. The van der Waals surface area contributed by atoms with Gasteiger partial charge in [-0.3, -0.25) is 24.0 Å². The quantitative estimate of drug-likeness (QED) is 0.0800. The summed E-state index contributed by atoms with van der Waals surface area (Å²) in [7, 11) is 0. The van der Waals surface area contributed by atoms with Gasteiger partial charge in [-0.25, -0.2) is 0 Å². The molecule has 10 heteroatoms. The average Bonchev–Trinajstić information content (AvgIpc) is 3.52. The summed E-state index contributed by atoms with van der Waals surface area (Å²) in [5.74, 6) is 2.49. The number of hydrogen-bond acceptors (Lipinski definition) is 10. The zero-order chi connectivity index (χ0) is 44.2. The molecule has 60 heavy (non-hydrogen) atoms. The monoisotopic (exact) mass is 835 g/mol. The SMILES string of the molecule is C=C(CC(C)CC(=O)OC(COC(=O)CC)COC(=O)CC)Oc1cc(C)cc(C)c1C(C)(C)CC(=O)O[C@@H]1CC[C@@]2(C)[C@@H](CC[C@@H]3[C@@H]2CC[C@]2(C)[C@@H](C(C)=O)CC[C@@H]32)C1. The van der Waals surface area contributed by atoms with Crippen molar-refractivity contribution >= 4 is 29.7 Å². The Morgan fingerprint density at radius 3 is 2.08 bits per heavy atom. The van der Waals surface area contributed by atoms with E-state index in [2.05, 4.69) is 40.3 Å². The summed E-state index contributed by atoms with van der Waals surface area (Å²) in [4.78, 5) is 62.8. The van der Waals surface area contributed by atoms with Gasteiger partial charge in [-0.1, -0.05) is 61.1 Å². The van der Waals surface area contributed by atoms with Gasteiger partial charge in [0.25, 0.3) is 0 Å². The maximum Gasteiger partial charge on any atom is 0.306 e. The molecular formula is C50H74O10. The number of ether oxygens (including phenoxy) is 5. The normalized spacial score (nSPS) is 29.0. The molecule has 4 fully saturated rings. The Morgan fingerprint density at radius 1 is 0.817 bits per heavy atom. The molecule has 4 saturated carbocycles. The van der Waals surface area contributed by atoms with Crippen LogP contribution in [-0.2, 0) is 48.3 Å². The molecule has 4 aliphatic rings. The number of fused-ring (bicyclic) bond motifs is 5. The van der Waals surface area contributed by atoms with E-state index in [1.54, 1.807) is 20.8 Å². The second-order valence-electron chi connectivity index (χ2n) is 20.2. The largest absolute Gasteiger partial charge is 0.462 e. The van der Waals surface area contributed by atoms with E-state index in [1.165, 1.54) is 25.7 Å². The number of Topliss-reactive ketones (excluding diaryl/α,β-unsaturated/α-hetero) is 1. The van der Waals surface area contributed by atoms with E-state index in [0.717, 1.165) is 48.8 Å². The van der Waals surface area contributed by atoms with E-state index >= 15 is 0 Å². The van der Waals surface area contributed by atoms with E-state index in [4.69, 9.17) is 23.7 Å². The van der Waals surface area contributed by atoms with Crippen LogP contribution in [-0.4, -0.2) is 55.1 Å². The fourth-order valence-corrected chi connectivity index (χ4v) is 12.4. The molecule has 0 radical (unpaired) electrons. The highest BCUT2D eigenvalue weighted by Gasteiger charge is 2.61. The second kappa shape index (κ2) is 19.6.